The molecule has 0 radical (unpaired) electrons. The number of rotatable bonds is 8. The monoisotopic (exact) mass is 335 g/mol. The van der Waals surface area contributed by atoms with Crippen LogP contribution in [0.2, 0.25) is 0 Å². The van der Waals surface area contributed by atoms with Gasteiger partial charge in [-0.1, -0.05) is 54.8 Å². The lowest BCUT2D eigenvalue weighted by molar-refractivity contribution is -0.116. The fraction of sp³-hybridized carbons (Fsp3) is 0.150. The van der Waals surface area contributed by atoms with E-state index in [9.17, 15) is 4.79 Å². The molecule has 1 heterocycles. The highest BCUT2D eigenvalue weighted by Crippen LogP contribution is 2.23. The average Bonchev–Trinajstić information content (AvgIpc) is 3.11. The van der Waals surface area contributed by atoms with E-state index >= 15 is 0 Å². The van der Waals surface area contributed by atoms with E-state index in [2.05, 4.69) is 23.6 Å². The summed E-state index contributed by atoms with van der Waals surface area (Å²) in [7, 11) is 0. The molecule has 0 aromatic carbocycles. The van der Waals surface area contributed by atoms with Crippen molar-refractivity contribution in [3.8, 4) is 6.07 Å². The zero-order valence-corrected chi connectivity index (χ0v) is 14.5. The van der Waals surface area contributed by atoms with Gasteiger partial charge in [0.1, 0.15) is 12.2 Å². The van der Waals surface area contributed by atoms with Gasteiger partial charge in [-0.2, -0.15) is 5.26 Å². The maximum Gasteiger partial charge on any atom is 0.252 e. The van der Waals surface area contributed by atoms with Crippen LogP contribution in [0.15, 0.2) is 71.9 Å². The molecular weight excluding hydrogens is 314 g/mol. The highest BCUT2D eigenvalue weighted by molar-refractivity contribution is 5.99. The number of nitriles is 1. The smallest absolute Gasteiger partial charge is 0.252 e. The van der Waals surface area contributed by atoms with E-state index in [1.807, 2.05) is 44.2 Å². The van der Waals surface area contributed by atoms with Crippen LogP contribution in [0.25, 0.3) is 11.1 Å². The standard InChI is InChI=1S/C20H21N3O2/c1-5-9-10-15(6-2)19-14-18(23-25-19)16(7-3)13-17(8-4)20(24)22-12-11-21/h5-10,13-14H,2,4,12H2,1,3H3,(H,22,24)/b9-5+,15-10+,16-7+,17-13+. The Hall–Kier alpha value is -3.39. The second-order valence-corrected chi connectivity index (χ2v) is 4.82. The molecule has 0 unspecified atom stereocenters. The van der Waals surface area contributed by atoms with Crippen molar-refractivity contribution in [2.75, 3.05) is 6.54 Å². The summed E-state index contributed by atoms with van der Waals surface area (Å²) in [4.78, 5) is 12.0. The van der Waals surface area contributed by atoms with E-state index in [0.29, 0.717) is 22.6 Å². The molecule has 1 amide bonds. The van der Waals surface area contributed by atoms with Gasteiger partial charge in [0.15, 0.2) is 5.76 Å². The second kappa shape index (κ2) is 10.4. The molecule has 25 heavy (non-hydrogen) atoms. The molecule has 0 aliphatic rings. The van der Waals surface area contributed by atoms with Crippen LogP contribution in [0.3, 0.4) is 0 Å². The van der Waals surface area contributed by atoms with E-state index in [0.717, 1.165) is 5.57 Å². The summed E-state index contributed by atoms with van der Waals surface area (Å²) in [6, 6.07) is 3.63. The van der Waals surface area contributed by atoms with Gasteiger partial charge in [-0.25, -0.2) is 0 Å². The first-order valence-corrected chi connectivity index (χ1v) is 7.69. The number of amides is 1. The molecule has 1 aromatic rings. The first-order valence-electron chi connectivity index (χ1n) is 7.69. The lowest BCUT2D eigenvalue weighted by Gasteiger charge is -2.03. The fourth-order valence-electron chi connectivity index (χ4n) is 1.91. The zero-order chi connectivity index (χ0) is 18.7. The van der Waals surface area contributed by atoms with Crippen LogP contribution in [0.4, 0.5) is 0 Å². The van der Waals surface area contributed by atoms with Crippen molar-refractivity contribution in [2.45, 2.75) is 13.8 Å². The number of nitrogens with one attached hydrogen (secondary N) is 1. The van der Waals surface area contributed by atoms with Crippen molar-refractivity contribution in [3.63, 3.8) is 0 Å². The predicted octanol–water partition coefficient (Wildman–Crippen LogP) is 3.98. The van der Waals surface area contributed by atoms with E-state index in [4.69, 9.17) is 9.78 Å². The zero-order valence-electron chi connectivity index (χ0n) is 14.5. The van der Waals surface area contributed by atoms with Gasteiger partial charge in [0, 0.05) is 22.8 Å². The number of allylic oxidation sites excluding steroid dienone is 8. The van der Waals surface area contributed by atoms with Crippen molar-refractivity contribution in [1.29, 1.82) is 5.26 Å². The molecule has 0 saturated carbocycles. The molecule has 0 fully saturated rings. The second-order valence-electron chi connectivity index (χ2n) is 4.82. The Kier molecular flexibility index (Phi) is 8.17. The molecule has 0 aliphatic carbocycles. The van der Waals surface area contributed by atoms with Gasteiger partial charge in [0.2, 0.25) is 0 Å². The molecule has 0 aliphatic heterocycles. The molecule has 5 nitrogen and oxygen atoms in total. The lowest BCUT2D eigenvalue weighted by Crippen LogP contribution is -2.24. The third-order valence-electron chi connectivity index (χ3n) is 3.21. The summed E-state index contributed by atoms with van der Waals surface area (Å²) in [5, 5.41) is 15.1. The van der Waals surface area contributed by atoms with Crippen molar-refractivity contribution in [1.82, 2.24) is 10.5 Å². The van der Waals surface area contributed by atoms with E-state index < -0.39 is 0 Å². The maximum absolute atomic E-state index is 12.0. The summed E-state index contributed by atoms with van der Waals surface area (Å²) in [5.74, 6) is 0.198. The Morgan fingerprint density at radius 1 is 1.36 bits per heavy atom. The van der Waals surface area contributed by atoms with Crippen LogP contribution >= 0.6 is 0 Å². The predicted molar refractivity (Wildman–Crippen MR) is 100 cm³/mol. The van der Waals surface area contributed by atoms with Crippen molar-refractivity contribution in [3.05, 3.63) is 78.8 Å². The number of hydrogen-bond donors (Lipinski definition) is 1. The summed E-state index contributed by atoms with van der Waals surface area (Å²) in [5.41, 5.74) is 2.41. The van der Waals surface area contributed by atoms with Crippen LogP contribution in [-0.2, 0) is 4.79 Å². The van der Waals surface area contributed by atoms with E-state index in [1.165, 1.54) is 6.08 Å². The molecule has 1 aromatic heterocycles. The van der Waals surface area contributed by atoms with Crippen molar-refractivity contribution < 1.29 is 9.32 Å². The fourth-order valence-corrected chi connectivity index (χ4v) is 1.91. The van der Waals surface area contributed by atoms with Crippen molar-refractivity contribution in [2.24, 2.45) is 0 Å². The van der Waals surface area contributed by atoms with Gasteiger partial charge in [0.05, 0.1) is 6.07 Å². The third-order valence-corrected chi connectivity index (χ3v) is 3.21. The minimum atomic E-state index is -0.376. The SMILES string of the molecule is C=C/C(=C\C(=C/C)c1cc(/C(C=C)=C/C=C/C)on1)C(=O)NCC#N. The lowest BCUT2D eigenvalue weighted by atomic mass is 10.1. The molecule has 0 bridgehead atoms. The third kappa shape index (κ3) is 5.63. The molecule has 1 rings (SSSR count). The Morgan fingerprint density at radius 3 is 2.68 bits per heavy atom. The number of aromatic nitrogens is 1. The highest BCUT2D eigenvalue weighted by atomic mass is 16.5. The molecule has 0 spiro atoms. The van der Waals surface area contributed by atoms with Gasteiger partial charge >= 0.3 is 0 Å². The van der Waals surface area contributed by atoms with Gasteiger partial charge in [0.25, 0.3) is 5.91 Å². The van der Waals surface area contributed by atoms with Crippen LogP contribution in [0, 0.1) is 11.3 Å². The van der Waals surface area contributed by atoms with Gasteiger partial charge < -0.3 is 9.84 Å². The Balaban J connectivity index is 3.15. The van der Waals surface area contributed by atoms with Gasteiger partial charge in [-0.15, -0.1) is 0 Å². The summed E-state index contributed by atoms with van der Waals surface area (Å²) in [6.07, 6.45) is 12.2. The summed E-state index contributed by atoms with van der Waals surface area (Å²) >= 11 is 0. The maximum atomic E-state index is 12.0. The first kappa shape index (κ1) is 19.7. The quantitative estimate of drug-likeness (QED) is 0.443. The Labute approximate surface area is 148 Å². The van der Waals surface area contributed by atoms with Crippen LogP contribution in [0.1, 0.15) is 25.3 Å². The minimum absolute atomic E-state index is 0.0677. The molecule has 0 saturated heterocycles. The average molecular weight is 335 g/mol. The highest BCUT2D eigenvalue weighted by Gasteiger charge is 2.12. The molecular formula is C20H21N3O2. The number of carbonyl (C=O) groups is 1. The van der Waals surface area contributed by atoms with Gasteiger partial charge in [-0.3, -0.25) is 4.79 Å². The van der Waals surface area contributed by atoms with Crippen LogP contribution in [0.5, 0.6) is 0 Å². The minimum Gasteiger partial charge on any atom is -0.356 e. The molecule has 128 valence electrons. The molecule has 0 atom stereocenters. The van der Waals surface area contributed by atoms with Crippen molar-refractivity contribution >= 4 is 17.1 Å². The first-order chi connectivity index (χ1) is 12.1. The number of hydrogen-bond acceptors (Lipinski definition) is 4. The topological polar surface area (TPSA) is 78.9 Å². The molecule has 5 heteroatoms. The number of carbonyl (C=O) groups excluding carboxylic acids is 1. The summed E-state index contributed by atoms with van der Waals surface area (Å²) in [6.45, 7) is 11.1. The Morgan fingerprint density at radius 2 is 2.12 bits per heavy atom. The molecule has 1 N–H and O–H groups in total. The van der Waals surface area contributed by atoms with Gasteiger partial charge in [-0.05, 0) is 19.9 Å². The van der Waals surface area contributed by atoms with Crippen LogP contribution in [-0.4, -0.2) is 17.6 Å². The summed E-state index contributed by atoms with van der Waals surface area (Å²) < 4.78 is 5.38. The van der Waals surface area contributed by atoms with E-state index in [1.54, 1.807) is 18.2 Å². The van der Waals surface area contributed by atoms with Crippen LogP contribution < -0.4 is 5.32 Å². The number of nitrogens with zero attached hydrogens (tertiary/aromatic N) is 2. The normalized spacial score (nSPS) is 12.8. The Bertz CT molecular complexity index is 799. The largest absolute Gasteiger partial charge is 0.356 e. The van der Waals surface area contributed by atoms with E-state index in [-0.39, 0.29) is 12.5 Å².